The molecule has 8 nitrogen and oxygen atoms in total. The third kappa shape index (κ3) is 3.44. The van der Waals surface area contributed by atoms with Gasteiger partial charge in [0.05, 0.1) is 33.4 Å². The topological polar surface area (TPSA) is 93.1 Å². The Balaban J connectivity index is 1.34. The van der Waals surface area contributed by atoms with E-state index in [9.17, 15) is 14.9 Å². The molecule has 0 bridgehead atoms. The number of nitro groups is 1. The maximum Gasteiger partial charge on any atom is 0.269 e. The van der Waals surface area contributed by atoms with Crippen LogP contribution < -0.4 is 10.6 Å². The number of pyridine rings is 1. The van der Waals surface area contributed by atoms with E-state index < -0.39 is 0 Å². The van der Waals surface area contributed by atoms with Crippen LogP contribution >= 0.6 is 0 Å². The number of imidazole rings is 1. The fraction of sp³-hybridized carbons (Fsp3) is 0.0606. The second-order valence-corrected chi connectivity index (χ2v) is 10.3. The number of nitro benzene ring substituents is 1. The predicted molar refractivity (Wildman–Crippen MR) is 161 cm³/mol. The van der Waals surface area contributed by atoms with Crippen LogP contribution in [0.15, 0.2) is 119 Å². The summed E-state index contributed by atoms with van der Waals surface area (Å²) in [5.74, 6) is 0. The van der Waals surface area contributed by atoms with E-state index in [1.165, 1.54) is 6.07 Å². The number of para-hydroxylation sites is 3. The first-order chi connectivity index (χ1) is 20.1. The Hall–Kier alpha value is -5.63. The molecule has 0 radical (unpaired) electrons. The molecule has 1 atom stereocenters. The number of anilines is 1. The first-order valence-corrected chi connectivity index (χ1v) is 13.3. The van der Waals surface area contributed by atoms with Gasteiger partial charge in [0, 0.05) is 40.3 Å². The van der Waals surface area contributed by atoms with Crippen LogP contribution in [0.3, 0.4) is 0 Å². The van der Waals surface area contributed by atoms with Crippen LogP contribution in [-0.2, 0) is 0 Å². The van der Waals surface area contributed by atoms with Gasteiger partial charge in [-0.25, -0.2) is 4.98 Å². The summed E-state index contributed by atoms with van der Waals surface area (Å²) in [6.45, 7) is 0. The zero-order valence-corrected chi connectivity index (χ0v) is 21.6. The van der Waals surface area contributed by atoms with Crippen LogP contribution in [0.1, 0.15) is 23.6 Å². The summed E-state index contributed by atoms with van der Waals surface area (Å²) in [6.07, 6.45) is 0.543. The fourth-order valence-corrected chi connectivity index (χ4v) is 6.15. The van der Waals surface area contributed by atoms with Crippen molar-refractivity contribution in [2.45, 2.75) is 12.5 Å². The number of nitrogens with zero attached hydrogens (tertiary/aromatic N) is 5. The monoisotopic (exact) mass is 535 g/mol. The Morgan fingerprint density at radius 3 is 2.44 bits per heavy atom. The van der Waals surface area contributed by atoms with Gasteiger partial charge in [-0.2, -0.15) is 5.10 Å². The largest absolute Gasteiger partial charge is 0.269 e. The molecule has 7 aromatic rings. The van der Waals surface area contributed by atoms with Gasteiger partial charge in [0.2, 0.25) is 0 Å². The van der Waals surface area contributed by atoms with Crippen LogP contribution in [0.5, 0.6) is 0 Å². The van der Waals surface area contributed by atoms with Crippen LogP contribution in [0.25, 0.3) is 38.2 Å². The minimum absolute atomic E-state index is 0.0481. The summed E-state index contributed by atoms with van der Waals surface area (Å²) in [5.41, 5.74) is 5.64. The molecule has 8 heteroatoms. The van der Waals surface area contributed by atoms with E-state index in [1.807, 2.05) is 96.0 Å². The highest BCUT2D eigenvalue weighted by Gasteiger charge is 2.32. The average molecular weight is 536 g/mol. The van der Waals surface area contributed by atoms with E-state index in [-0.39, 0.29) is 22.2 Å². The van der Waals surface area contributed by atoms with Crippen molar-refractivity contribution in [3.05, 3.63) is 141 Å². The first-order valence-electron chi connectivity index (χ1n) is 13.3. The normalized spacial score (nSPS) is 15.4. The van der Waals surface area contributed by atoms with Crippen LogP contribution in [0, 0.1) is 10.1 Å². The molecular weight excluding hydrogens is 514 g/mol. The Bertz CT molecular complexity index is 2260. The molecular formula is C33H21N5O3. The molecule has 8 rings (SSSR count). The Morgan fingerprint density at radius 2 is 1.59 bits per heavy atom. The molecule has 196 valence electrons. The van der Waals surface area contributed by atoms with E-state index in [4.69, 9.17) is 10.1 Å². The molecule has 0 unspecified atom stereocenters. The Morgan fingerprint density at radius 1 is 0.805 bits per heavy atom. The lowest BCUT2D eigenvalue weighted by Crippen LogP contribution is -2.18. The first kappa shape index (κ1) is 23.3. The maximum atomic E-state index is 13.8. The number of non-ortho nitro benzene ring substituents is 1. The van der Waals surface area contributed by atoms with E-state index in [1.54, 1.807) is 16.5 Å². The molecule has 2 aromatic heterocycles. The van der Waals surface area contributed by atoms with E-state index in [2.05, 4.69) is 0 Å². The SMILES string of the molecule is O=c1c2ccc(C3=NN(c4ccccc4)[C@@H](c4cccc([N+](=O)[O-])c4)C3)c3cccc(c32)c2nc3ccccc3n12. The lowest BCUT2D eigenvalue weighted by atomic mass is 9.92. The number of benzene rings is 5. The van der Waals surface area contributed by atoms with E-state index in [0.29, 0.717) is 17.5 Å². The fourth-order valence-electron chi connectivity index (χ4n) is 6.15. The molecule has 41 heavy (non-hydrogen) atoms. The quantitative estimate of drug-likeness (QED) is 0.181. The Kier molecular flexibility index (Phi) is 4.93. The molecule has 0 spiro atoms. The standard InChI is InChI=1S/C33H21N5O3/c39-33-26-17-16-23(24-12-7-13-25(31(24)26)32-34-27-14-4-5-15-29(27)36(32)33)28-19-30(20-8-6-11-22(18-20)38(40)41)37(35-28)21-9-2-1-3-10-21/h1-18,30H,19H2/t30-/m1/s1. The van der Waals surface area contributed by atoms with Gasteiger partial charge >= 0.3 is 0 Å². The van der Waals surface area contributed by atoms with Gasteiger partial charge in [0.15, 0.2) is 0 Å². The van der Waals surface area contributed by atoms with Crippen molar-refractivity contribution >= 4 is 55.3 Å². The van der Waals surface area contributed by atoms with E-state index >= 15 is 0 Å². The summed E-state index contributed by atoms with van der Waals surface area (Å²) in [6, 6.07) is 33.9. The minimum atomic E-state index is -0.371. The van der Waals surface area contributed by atoms with Crippen LogP contribution in [0.2, 0.25) is 0 Å². The van der Waals surface area contributed by atoms with Crippen molar-refractivity contribution < 1.29 is 4.92 Å². The molecule has 0 amide bonds. The van der Waals surface area contributed by atoms with Gasteiger partial charge in [-0.15, -0.1) is 0 Å². The van der Waals surface area contributed by atoms with Gasteiger partial charge < -0.3 is 0 Å². The summed E-state index contributed by atoms with van der Waals surface area (Å²) >= 11 is 0. The minimum Gasteiger partial charge on any atom is -0.268 e. The van der Waals surface area contributed by atoms with Gasteiger partial charge in [-0.1, -0.05) is 66.7 Å². The summed E-state index contributed by atoms with van der Waals surface area (Å²) in [4.78, 5) is 29.8. The highest BCUT2D eigenvalue weighted by atomic mass is 16.6. The van der Waals surface area contributed by atoms with E-state index in [0.717, 1.165) is 49.7 Å². The van der Waals surface area contributed by atoms with Crippen LogP contribution in [-0.4, -0.2) is 20.0 Å². The van der Waals surface area contributed by atoms with Crippen molar-refractivity contribution in [3.8, 4) is 0 Å². The van der Waals surface area contributed by atoms with Crippen molar-refractivity contribution in [1.29, 1.82) is 0 Å². The predicted octanol–water partition coefficient (Wildman–Crippen LogP) is 6.86. The number of hydrogen-bond acceptors (Lipinski definition) is 6. The lowest BCUT2D eigenvalue weighted by Gasteiger charge is -2.23. The molecule has 0 saturated heterocycles. The number of hydrogen-bond donors (Lipinski definition) is 0. The third-order valence-electron chi connectivity index (χ3n) is 7.98. The van der Waals surface area contributed by atoms with Gasteiger partial charge in [0.25, 0.3) is 11.2 Å². The summed E-state index contributed by atoms with van der Waals surface area (Å²) in [5, 5.41) is 21.9. The van der Waals surface area contributed by atoms with Crippen molar-refractivity contribution in [3.63, 3.8) is 0 Å². The molecule has 0 N–H and O–H groups in total. The zero-order chi connectivity index (χ0) is 27.7. The maximum absolute atomic E-state index is 13.8. The van der Waals surface area contributed by atoms with Gasteiger partial charge in [-0.3, -0.25) is 24.3 Å². The van der Waals surface area contributed by atoms with Crippen molar-refractivity contribution in [2.24, 2.45) is 5.10 Å². The van der Waals surface area contributed by atoms with Gasteiger partial charge in [-0.05, 0) is 41.3 Å². The molecule has 1 aliphatic heterocycles. The van der Waals surface area contributed by atoms with Gasteiger partial charge in [0.1, 0.15) is 5.65 Å². The molecule has 0 fully saturated rings. The highest BCUT2D eigenvalue weighted by Crippen LogP contribution is 2.40. The number of aromatic nitrogens is 2. The highest BCUT2D eigenvalue weighted by molar-refractivity contribution is 6.22. The smallest absolute Gasteiger partial charge is 0.268 e. The third-order valence-corrected chi connectivity index (χ3v) is 7.98. The molecule has 5 aromatic carbocycles. The number of hydrazone groups is 1. The lowest BCUT2D eigenvalue weighted by molar-refractivity contribution is -0.384. The molecule has 0 saturated carbocycles. The summed E-state index contributed by atoms with van der Waals surface area (Å²) in [7, 11) is 0. The number of fused-ring (bicyclic) bond motifs is 4. The average Bonchev–Trinajstić information content (AvgIpc) is 3.63. The van der Waals surface area contributed by atoms with Crippen molar-refractivity contribution in [1.82, 2.24) is 9.38 Å². The molecule has 0 aliphatic carbocycles. The summed E-state index contributed by atoms with van der Waals surface area (Å²) < 4.78 is 1.70. The number of rotatable bonds is 4. The zero-order valence-electron chi connectivity index (χ0n) is 21.6. The second kappa shape index (κ2) is 8.69. The molecule has 3 heterocycles. The van der Waals surface area contributed by atoms with Crippen LogP contribution in [0.4, 0.5) is 11.4 Å². The second-order valence-electron chi connectivity index (χ2n) is 10.3. The van der Waals surface area contributed by atoms with Crippen molar-refractivity contribution in [2.75, 3.05) is 5.01 Å². The molecule has 1 aliphatic rings. The Labute approximate surface area is 232 Å².